The SMILES string of the molecule is CC(=O)O[C@H]1C=CC(=O)[C@@H]1O[Si](C)(C)C(C)(C)C. The van der Waals surface area contributed by atoms with Crippen molar-refractivity contribution in [2.75, 3.05) is 0 Å². The van der Waals surface area contributed by atoms with Gasteiger partial charge in [-0.15, -0.1) is 0 Å². The maximum absolute atomic E-state index is 11.8. The third-order valence-electron chi connectivity index (χ3n) is 3.56. The molecule has 0 bridgehead atoms. The second-order valence-electron chi connectivity index (χ2n) is 6.13. The van der Waals surface area contributed by atoms with Crippen LogP contribution in [0.15, 0.2) is 12.2 Å². The average molecular weight is 270 g/mol. The summed E-state index contributed by atoms with van der Waals surface area (Å²) >= 11 is 0. The third kappa shape index (κ3) is 3.29. The van der Waals surface area contributed by atoms with Gasteiger partial charge in [-0.25, -0.2) is 0 Å². The van der Waals surface area contributed by atoms with E-state index in [1.54, 1.807) is 6.08 Å². The highest BCUT2D eigenvalue weighted by Crippen LogP contribution is 2.38. The van der Waals surface area contributed by atoms with Crippen LogP contribution >= 0.6 is 0 Å². The summed E-state index contributed by atoms with van der Waals surface area (Å²) in [7, 11) is -2.06. The molecule has 0 radical (unpaired) electrons. The lowest BCUT2D eigenvalue weighted by molar-refractivity contribution is -0.149. The second-order valence-corrected chi connectivity index (χ2v) is 10.9. The Balaban J connectivity index is 2.82. The minimum Gasteiger partial charge on any atom is -0.455 e. The van der Waals surface area contributed by atoms with E-state index in [0.717, 1.165) is 0 Å². The molecule has 0 heterocycles. The minimum atomic E-state index is -2.06. The van der Waals surface area contributed by atoms with Crippen molar-refractivity contribution >= 4 is 20.1 Å². The normalized spacial score (nSPS) is 24.4. The maximum Gasteiger partial charge on any atom is 0.303 e. The Morgan fingerprint density at radius 2 is 1.89 bits per heavy atom. The average Bonchev–Trinajstić information content (AvgIpc) is 2.46. The topological polar surface area (TPSA) is 52.6 Å². The Kier molecular flexibility index (Phi) is 4.18. The van der Waals surface area contributed by atoms with Crippen molar-refractivity contribution in [3.8, 4) is 0 Å². The molecule has 4 nitrogen and oxygen atoms in total. The molecule has 1 rings (SSSR count). The molecule has 1 aliphatic carbocycles. The first-order valence-electron chi connectivity index (χ1n) is 6.12. The molecule has 2 atom stereocenters. The molecule has 0 N–H and O–H groups in total. The maximum atomic E-state index is 11.8. The zero-order valence-electron chi connectivity index (χ0n) is 11.9. The van der Waals surface area contributed by atoms with Crippen LogP contribution in [0.2, 0.25) is 18.1 Å². The summed E-state index contributed by atoms with van der Waals surface area (Å²) in [6.07, 6.45) is 1.78. The minimum absolute atomic E-state index is 0.0106. The van der Waals surface area contributed by atoms with Crippen LogP contribution in [-0.2, 0) is 18.8 Å². The number of ether oxygens (including phenoxy) is 1. The van der Waals surface area contributed by atoms with Crippen LogP contribution in [0, 0.1) is 0 Å². The predicted octanol–water partition coefficient (Wildman–Crippen LogP) is 2.45. The summed E-state index contributed by atoms with van der Waals surface area (Å²) in [5.74, 6) is -0.519. The van der Waals surface area contributed by atoms with Gasteiger partial charge in [-0.2, -0.15) is 0 Å². The summed E-state index contributed by atoms with van der Waals surface area (Å²) < 4.78 is 11.1. The summed E-state index contributed by atoms with van der Waals surface area (Å²) in [5, 5.41) is 0.0106. The van der Waals surface area contributed by atoms with Crippen LogP contribution in [0.4, 0.5) is 0 Å². The van der Waals surface area contributed by atoms with E-state index >= 15 is 0 Å². The van der Waals surface area contributed by atoms with Crippen molar-refractivity contribution < 1.29 is 18.8 Å². The lowest BCUT2D eigenvalue weighted by atomic mass is 10.2. The lowest BCUT2D eigenvalue weighted by Gasteiger charge is -2.38. The van der Waals surface area contributed by atoms with Gasteiger partial charge in [0.15, 0.2) is 20.2 Å². The van der Waals surface area contributed by atoms with E-state index in [1.807, 2.05) is 0 Å². The van der Waals surface area contributed by atoms with Gasteiger partial charge in [-0.1, -0.05) is 20.8 Å². The Morgan fingerprint density at radius 1 is 1.33 bits per heavy atom. The fourth-order valence-electron chi connectivity index (χ4n) is 1.46. The van der Waals surface area contributed by atoms with E-state index < -0.39 is 26.5 Å². The van der Waals surface area contributed by atoms with Crippen molar-refractivity contribution in [1.29, 1.82) is 0 Å². The fraction of sp³-hybridized carbons (Fsp3) is 0.692. The zero-order valence-corrected chi connectivity index (χ0v) is 12.9. The molecule has 0 aromatic heterocycles. The van der Waals surface area contributed by atoms with Crippen molar-refractivity contribution in [1.82, 2.24) is 0 Å². The molecule has 1 aliphatic rings. The van der Waals surface area contributed by atoms with Crippen molar-refractivity contribution in [2.24, 2.45) is 0 Å². The Bertz CT molecular complexity index is 379. The number of ketones is 1. The first kappa shape index (κ1) is 15.1. The molecule has 0 aromatic rings. The molecule has 0 spiro atoms. The molecule has 0 amide bonds. The number of carbonyl (C=O) groups excluding carboxylic acids is 2. The second kappa shape index (κ2) is 4.97. The Hall–Kier alpha value is -0.943. The Morgan fingerprint density at radius 3 is 2.33 bits per heavy atom. The van der Waals surface area contributed by atoms with Crippen molar-refractivity contribution in [3.05, 3.63) is 12.2 Å². The molecule has 0 fully saturated rings. The number of esters is 1. The van der Waals surface area contributed by atoms with Gasteiger partial charge in [0.1, 0.15) is 6.10 Å². The number of carbonyl (C=O) groups is 2. The number of hydrogen-bond donors (Lipinski definition) is 0. The first-order chi connectivity index (χ1) is 8.04. The van der Waals surface area contributed by atoms with Gasteiger partial charge >= 0.3 is 5.97 Å². The molecule has 5 heteroatoms. The lowest BCUT2D eigenvalue weighted by Crippen LogP contribution is -2.48. The predicted molar refractivity (Wildman–Crippen MR) is 71.8 cm³/mol. The van der Waals surface area contributed by atoms with E-state index in [1.165, 1.54) is 13.0 Å². The quantitative estimate of drug-likeness (QED) is 0.584. The smallest absolute Gasteiger partial charge is 0.303 e. The highest BCUT2D eigenvalue weighted by atomic mass is 28.4. The summed E-state index contributed by atoms with van der Waals surface area (Å²) in [5.41, 5.74) is 0. The van der Waals surface area contributed by atoms with E-state index in [9.17, 15) is 9.59 Å². The van der Waals surface area contributed by atoms with Gasteiger partial charge in [0.25, 0.3) is 0 Å². The molecular weight excluding hydrogens is 248 g/mol. The first-order valence-corrected chi connectivity index (χ1v) is 9.02. The zero-order chi connectivity index (χ0) is 14.1. The largest absolute Gasteiger partial charge is 0.455 e. The molecule has 102 valence electrons. The highest BCUT2D eigenvalue weighted by Gasteiger charge is 2.44. The van der Waals surface area contributed by atoms with Crippen LogP contribution in [0.5, 0.6) is 0 Å². The van der Waals surface area contributed by atoms with E-state index in [0.29, 0.717) is 0 Å². The highest BCUT2D eigenvalue weighted by molar-refractivity contribution is 6.74. The summed E-state index contributed by atoms with van der Waals surface area (Å²) in [6, 6.07) is 0. The number of rotatable bonds is 3. The third-order valence-corrected chi connectivity index (χ3v) is 8.01. The van der Waals surface area contributed by atoms with Crippen molar-refractivity contribution in [2.45, 2.75) is 58.0 Å². The van der Waals surface area contributed by atoms with E-state index in [2.05, 4.69) is 33.9 Å². The monoisotopic (exact) mass is 270 g/mol. The van der Waals surface area contributed by atoms with Crippen molar-refractivity contribution in [3.63, 3.8) is 0 Å². The van der Waals surface area contributed by atoms with Gasteiger partial charge in [-0.3, -0.25) is 9.59 Å². The number of hydrogen-bond acceptors (Lipinski definition) is 4. The van der Waals surface area contributed by atoms with Crippen LogP contribution in [-0.4, -0.2) is 32.3 Å². The molecule has 0 aromatic carbocycles. The molecule has 0 aliphatic heterocycles. The van der Waals surface area contributed by atoms with E-state index in [4.69, 9.17) is 9.16 Å². The molecular formula is C13H22O4Si. The van der Waals surface area contributed by atoms with Crippen LogP contribution in [0.1, 0.15) is 27.7 Å². The van der Waals surface area contributed by atoms with Gasteiger partial charge < -0.3 is 9.16 Å². The molecule has 18 heavy (non-hydrogen) atoms. The molecule has 0 saturated carbocycles. The molecule has 0 saturated heterocycles. The molecule has 0 unspecified atom stereocenters. The van der Waals surface area contributed by atoms with Gasteiger partial charge in [-0.05, 0) is 30.3 Å². The van der Waals surface area contributed by atoms with E-state index in [-0.39, 0.29) is 10.8 Å². The van der Waals surface area contributed by atoms with Gasteiger partial charge in [0.2, 0.25) is 0 Å². The van der Waals surface area contributed by atoms with Crippen LogP contribution < -0.4 is 0 Å². The van der Waals surface area contributed by atoms with Gasteiger partial charge in [0, 0.05) is 6.92 Å². The Labute approximate surface area is 109 Å². The van der Waals surface area contributed by atoms with Gasteiger partial charge in [0.05, 0.1) is 0 Å². The summed E-state index contributed by atoms with van der Waals surface area (Å²) in [4.78, 5) is 22.8. The van der Waals surface area contributed by atoms with Crippen LogP contribution in [0.25, 0.3) is 0 Å². The fourth-order valence-corrected chi connectivity index (χ4v) is 2.70. The summed E-state index contributed by atoms with van der Waals surface area (Å²) in [6.45, 7) is 11.8. The standard InChI is InChI=1S/C13H22O4Si/c1-9(14)16-11-8-7-10(15)12(11)17-18(5,6)13(2,3)4/h7-8,11-12H,1-6H3/t11-,12-/m0/s1. The van der Waals surface area contributed by atoms with Crippen LogP contribution in [0.3, 0.4) is 0 Å².